The number of halogens is 3. The molecule has 0 radical (unpaired) electrons. The molecule has 0 amide bonds. The molecular weight excluding hydrogens is 431 g/mol. The summed E-state index contributed by atoms with van der Waals surface area (Å²) >= 11 is 0. The maximum atomic E-state index is 13.1. The minimum absolute atomic E-state index is 0.145. The molecule has 0 aromatic heterocycles. The first-order valence-electron chi connectivity index (χ1n) is 9.16. The zero-order valence-electron chi connectivity index (χ0n) is 16.1. The van der Waals surface area contributed by atoms with Gasteiger partial charge in [-0.2, -0.15) is 13.2 Å². The SMILES string of the molecule is O=C(O)c1ccc(CCc2ccc(NS(=O)(=O)c3ccccc3C(F)(F)F)cc2)cc1. The first-order valence-corrected chi connectivity index (χ1v) is 10.6. The van der Waals surface area contributed by atoms with E-state index in [0.717, 1.165) is 29.3 Å². The number of hydrogen-bond donors (Lipinski definition) is 2. The second-order valence-electron chi connectivity index (χ2n) is 6.80. The van der Waals surface area contributed by atoms with E-state index in [1.807, 2.05) is 0 Å². The molecule has 0 aliphatic heterocycles. The monoisotopic (exact) mass is 449 g/mol. The number of alkyl halides is 3. The van der Waals surface area contributed by atoms with Gasteiger partial charge in [0.1, 0.15) is 0 Å². The van der Waals surface area contributed by atoms with Crippen molar-refractivity contribution in [3.05, 3.63) is 95.1 Å². The Morgan fingerprint density at radius 2 is 1.35 bits per heavy atom. The van der Waals surface area contributed by atoms with E-state index in [9.17, 15) is 26.4 Å². The van der Waals surface area contributed by atoms with Crippen LogP contribution in [-0.4, -0.2) is 19.5 Å². The molecule has 0 aliphatic carbocycles. The summed E-state index contributed by atoms with van der Waals surface area (Å²) in [5, 5.41) is 8.91. The predicted octanol–water partition coefficient (Wildman–Crippen LogP) is 4.99. The van der Waals surface area contributed by atoms with Crippen molar-refractivity contribution in [1.29, 1.82) is 0 Å². The number of aryl methyl sites for hydroxylation is 2. The number of rotatable bonds is 7. The fraction of sp³-hybridized carbons (Fsp3) is 0.136. The molecule has 0 unspecified atom stereocenters. The van der Waals surface area contributed by atoms with E-state index in [1.54, 1.807) is 24.3 Å². The zero-order valence-corrected chi connectivity index (χ0v) is 16.9. The summed E-state index contributed by atoms with van der Waals surface area (Å²) in [6, 6.07) is 16.8. The maximum absolute atomic E-state index is 13.1. The third-order valence-electron chi connectivity index (χ3n) is 4.59. The number of nitrogens with one attached hydrogen (secondary N) is 1. The standard InChI is InChI=1S/C22H18F3NO4S/c23-22(24,25)19-3-1-2-4-20(19)31(29,30)26-18-13-9-16(10-14-18)6-5-15-7-11-17(12-8-15)21(27)28/h1-4,7-14,26H,5-6H2,(H,27,28). The van der Waals surface area contributed by atoms with Gasteiger partial charge in [0.15, 0.2) is 0 Å². The van der Waals surface area contributed by atoms with Gasteiger partial charge < -0.3 is 5.11 Å². The number of carbonyl (C=O) groups is 1. The Labute approximate surface area is 177 Å². The van der Waals surface area contributed by atoms with Crippen LogP contribution in [-0.2, 0) is 29.0 Å². The van der Waals surface area contributed by atoms with Crippen molar-refractivity contribution >= 4 is 21.7 Å². The van der Waals surface area contributed by atoms with Crippen molar-refractivity contribution in [1.82, 2.24) is 0 Å². The molecule has 2 N–H and O–H groups in total. The van der Waals surface area contributed by atoms with Crippen molar-refractivity contribution in [2.24, 2.45) is 0 Å². The molecule has 0 spiro atoms. The molecule has 0 aliphatic rings. The van der Waals surface area contributed by atoms with Crippen LogP contribution in [0.2, 0.25) is 0 Å². The van der Waals surface area contributed by atoms with Gasteiger partial charge in [0, 0.05) is 5.69 Å². The Morgan fingerprint density at radius 1 is 0.839 bits per heavy atom. The average Bonchev–Trinajstić information content (AvgIpc) is 2.73. The van der Waals surface area contributed by atoms with Crippen LogP contribution in [0.3, 0.4) is 0 Å². The molecule has 3 rings (SSSR count). The van der Waals surface area contributed by atoms with E-state index in [0.29, 0.717) is 12.8 Å². The third kappa shape index (κ3) is 5.64. The van der Waals surface area contributed by atoms with Crippen LogP contribution < -0.4 is 4.72 Å². The molecule has 0 atom stereocenters. The van der Waals surface area contributed by atoms with Gasteiger partial charge in [0.05, 0.1) is 16.0 Å². The average molecular weight is 449 g/mol. The van der Waals surface area contributed by atoms with Crippen LogP contribution in [0, 0.1) is 0 Å². The molecule has 3 aromatic rings. The normalized spacial score (nSPS) is 11.8. The highest BCUT2D eigenvalue weighted by molar-refractivity contribution is 7.92. The van der Waals surface area contributed by atoms with Gasteiger partial charge in [-0.3, -0.25) is 4.72 Å². The predicted molar refractivity (Wildman–Crippen MR) is 110 cm³/mol. The maximum Gasteiger partial charge on any atom is 0.417 e. The number of sulfonamides is 1. The Kier molecular flexibility index (Phi) is 6.35. The third-order valence-corrected chi connectivity index (χ3v) is 6.03. The first-order chi connectivity index (χ1) is 14.6. The van der Waals surface area contributed by atoms with Gasteiger partial charge in [-0.15, -0.1) is 0 Å². The van der Waals surface area contributed by atoms with Crippen molar-refractivity contribution in [3.63, 3.8) is 0 Å². The number of carboxylic acids is 1. The lowest BCUT2D eigenvalue weighted by Gasteiger charge is -2.14. The summed E-state index contributed by atoms with van der Waals surface area (Å²) < 4.78 is 66.6. The molecule has 0 fully saturated rings. The van der Waals surface area contributed by atoms with E-state index >= 15 is 0 Å². The lowest BCUT2D eigenvalue weighted by atomic mass is 10.0. The molecule has 0 bridgehead atoms. The lowest BCUT2D eigenvalue weighted by Crippen LogP contribution is -2.18. The van der Waals surface area contributed by atoms with E-state index < -0.39 is 32.6 Å². The summed E-state index contributed by atoms with van der Waals surface area (Å²) in [6.45, 7) is 0. The fourth-order valence-corrected chi connectivity index (χ4v) is 4.27. The van der Waals surface area contributed by atoms with Gasteiger partial charge in [-0.1, -0.05) is 36.4 Å². The minimum atomic E-state index is -4.79. The smallest absolute Gasteiger partial charge is 0.417 e. The summed E-state index contributed by atoms with van der Waals surface area (Å²) in [5.74, 6) is -0.998. The molecule has 162 valence electrons. The first kappa shape index (κ1) is 22.4. The Hall–Kier alpha value is -3.33. The molecule has 5 nitrogen and oxygen atoms in total. The van der Waals surface area contributed by atoms with Gasteiger partial charge >= 0.3 is 12.1 Å². The molecule has 31 heavy (non-hydrogen) atoms. The topological polar surface area (TPSA) is 83.5 Å². The molecule has 3 aromatic carbocycles. The van der Waals surface area contributed by atoms with Gasteiger partial charge in [-0.25, -0.2) is 13.2 Å². The molecule has 0 saturated heterocycles. The van der Waals surface area contributed by atoms with Crippen LogP contribution >= 0.6 is 0 Å². The van der Waals surface area contributed by atoms with E-state index in [1.165, 1.54) is 30.3 Å². The Morgan fingerprint density at radius 3 is 1.87 bits per heavy atom. The van der Waals surface area contributed by atoms with Crippen LogP contribution in [0.4, 0.5) is 18.9 Å². The number of hydrogen-bond acceptors (Lipinski definition) is 3. The molecule has 0 saturated carbocycles. The largest absolute Gasteiger partial charge is 0.478 e. The van der Waals surface area contributed by atoms with Crippen LogP contribution in [0.25, 0.3) is 0 Å². The van der Waals surface area contributed by atoms with Gasteiger partial charge in [0.2, 0.25) is 0 Å². The van der Waals surface area contributed by atoms with Crippen LogP contribution in [0.5, 0.6) is 0 Å². The zero-order chi connectivity index (χ0) is 22.6. The van der Waals surface area contributed by atoms with Crippen molar-refractivity contribution in [2.75, 3.05) is 4.72 Å². The second-order valence-corrected chi connectivity index (χ2v) is 8.45. The minimum Gasteiger partial charge on any atom is -0.478 e. The Balaban J connectivity index is 1.69. The van der Waals surface area contributed by atoms with Crippen molar-refractivity contribution < 1.29 is 31.5 Å². The van der Waals surface area contributed by atoms with Gasteiger partial charge in [-0.05, 0) is 60.4 Å². The number of carboxylic acid groups (broad SMARTS) is 1. The highest BCUT2D eigenvalue weighted by Gasteiger charge is 2.36. The van der Waals surface area contributed by atoms with Crippen LogP contribution in [0.15, 0.2) is 77.7 Å². The molecular formula is C22H18F3NO4S. The summed E-state index contributed by atoms with van der Waals surface area (Å²) in [7, 11) is -4.42. The molecule has 0 heterocycles. The highest BCUT2D eigenvalue weighted by Crippen LogP contribution is 2.34. The van der Waals surface area contributed by atoms with Crippen molar-refractivity contribution in [2.45, 2.75) is 23.9 Å². The molecule has 9 heteroatoms. The number of aromatic carboxylic acids is 1. The summed E-state index contributed by atoms with van der Waals surface area (Å²) in [6.07, 6.45) is -3.53. The lowest BCUT2D eigenvalue weighted by molar-refractivity contribution is -0.139. The number of anilines is 1. The van der Waals surface area contributed by atoms with E-state index in [4.69, 9.17) is 5.11 Å². The summed E-state index contributed by atoms with van der Waals surface area (Å²) in [4.78, 5) is 10.0. The number of benzene rings is 3. The fourth-order valence-electron chi connectivity index (χ4n) is 2.99. The van der Waals surface area contributed by atoms with E-state index in [-0.39, 0.29) is 11.3 Å². The van der Waals surface area contributed by atoms with E-state index in [2.05, 4.69) is 4.72 Å². The van der Waals surface area contributed by atoms with Crippen LogP contribution in [0.1, 0.15) is 27.0 Å². The highest BCUT2D eigenvalue weighted by atomic mass is 32.2. The van der Waals surface area contributed by atoms with Gasteiger partial charge in [0.25, 0.3) is 10.0 Å². The summed E-state index contributed by atoms with van der Waals surface area (Å²) in [5.41, 5.74) is 0.951. The van der Waals surface area contributed by atoms with Crippen molar-refractivity contribution in [3.8, 4) is 0 Å². The second kappa shape index (κ2) is 8.81. The Bertz CT molecular complexity index is 1170. The quantitative estimate of drug-likeness (QED) is 0.532.